The van der Waals surface area contributed by atoms with Gasteiger partial charge in [0.25, 0.3) is 5.91 Å². The number of rotatable bonds is 4. The third-order valence-electron chi connectivity index (χ3n) is 4.70. The molecule has 3 aromatic rings. The predicted octanol–water partition coefficient (Wildman–Crippen LogP) is 2.96. The van der Waals surface area contributed by atoms with Crippen molar-refractivity contribution >= 4 is 17.4 Å². The third kappa shape index (κ3) is 2.89. The largest absolute Gasteiger partial charge is 0.351 e. The molecule has 1 fully saturated rings. The molecule has 0 spiro atoms. The first kappa shape index (κ1) is 16.5. The maximum absolute atomic E-state index is 13.6. The summed E-state index contributed by atoms with van der Waals surface area (Å²) in [6.07, 6.45) is 3.48. The minimum atomic E-state index is -0.231. The Kier molecular flexibility index (Phi) is 4.28. The van der Waals surface area contributed by atoms with E-state index in [1.807, 2.05) is 25.1 Å². The molecular formula is C19H20FN5O. The zero-order chi connectivity index (χ0) is 18.1. The summed E-state index contributed by atoms with van der Waals surface area (Å²) in [6, 6.07) is 10.6. The fourth-order valence-electron chi connectivity index (χ4n) is 3.52. The smallest absolute Gasteiger partial charge is 0.271 e. The second-order valence-electron chi connectivity index (χ2n) is 6.37. The molecule has 3 heterocycles. The molecule has 0 aliphatic carbocycles. The average molecular weight is 353 g/mol. The van der Waals surface area contributed by atoms with Gasteiger partial charge in [-0.1, -0.05) is 12.1 Å². The van der Waals surface area contributed by atoms with Crippen molar-refractivity contribution < 1.29 is 9.18 Å². The van der Waals surface area contributed by atoms with Crippen LogP contribution in [0.1, 0.15) is 41.9 Å². The van der Waals surface area contributed by atoms with Crippen LogP contribution in [0.15, 0.2) is 42.6 Å². The summed E-state index contributed by atoms with van der Waals surface area (Å²) in [4.78, 5) is 18.6. The molecule has 134 valence electrons. The summed E-state index contributed by atoms with van der Waals surface area (Å²) >= 11 is 0. The fraction of sp³-hybridized carbons (Fsp3) is 0.316. The molecule has 4 rings (SSSR count). The molecule has 1 aromatic carbocycles. The lowest BCUT2D eigenvalue weighted by Gasteiger charge is -2.26. The molecule has 1 aliphatic rings. The quantitative estimate of drug-likeness (QED) is 0.783. The molecule has 0 radical (unpaired) electrons. The van der Waals surface area contributed by atoms with Crippen LogP contribution < -0.4 is 10.2 Å². The number of nitrogens with one attached hydrogen (secondary N) is 1. The van der Waals surface area contributed by atoms with Crippen molar-refractivity contribution in [2.45, 2.75) is 25.8 Å². The van der Waals surface area contributed by atoms with E-state index >= 15 is 0 Å². The molecule has 0 unspecified atom stereocenters. The van der Waals surface area contributed by atoms with E-state index in [-0.39, 0.29) is 17.8 Å². The number of carbonyl (C=O) groups is 1. The van der Waals surface area contributed by atoms with Crippen molar-refractivity contribution in [2.75, 3.05) is 18.0 Å². The van der Waals surface area contributed by atoms with Crippen LogP contribution in [-0.4, -0.2) is 33.6 Å². The van der Waals surface area contributed by atoms with Crippen molar-refractivity contribution in [1.82, 2.24) is 19.9 Å². The molecule has 1 aliphatic heterocycles. The number of benzene rings is 1. The first-order valence-electron chi connectivity index (χ1n) is 8.82. The van der Waals surface area contributed by atoms with E-state index in [4.69, 9.17) is 0 Å². The molecule has 0 bridgehead atoms. The maximum atomic E-state index is 13.6. The van der Waals surface area contributed by atoms with E-state index < -0.39 is 0 Å². The lowest BCUT2D eigenvalue weighted by atomic mass is 10.0. The minimum absolute atomic E-state index is 0.0760. The summed E-state index contributed by atoms with van der Waals surface area (Å²) in [5, 5.41) is 7.42. The highest BCUT2D eigenvalue weighted by atomic mass is 19.1. The molecule has 1 saturated heterocycles. The second-order valence-corrected chi connectivity index (χ2v) is 6.37. The number of amides is 1. The standard InChI is InChI=1S/C19H20FN5O/c1-2-21-19(26)16-12-22-17-8-9-18(23-25(16)17)24-10-4-7-15(24)13-5-3-6-14(20)11-13/h3,5-6,8-9,11-12,15H,2,4,7,10H2,1H3,(H,21,26)/t15-/m1/s1. The van der Waals surface area contributed by atoms with Crippen LogP contribution in [0.3, 0.4) is 0 Å². The predicted molar refractivity (Wildman–Crippen MR) is 96.7 cm³/mol. The van der Waals surface area contributed by atoms with Gasteiger partial charge in [0.15, 0.2) is 11.3 Å². The topological polar surface area (TPSA) is 62.5 Å². The highest BCUT2D eigenvalue weighted by Crippen LogP contribution is 2.35. The fourth-order valence-corrected chi connectivity index (χ4v) is 3.52. The van der Waals surface area contributed by atoms with Crippen LogP contribution in [0.5, 0.6) is 0 Å². The molecule has 0 saturated carbocycles. The van der Waals surface area contributed by atoms with Gasteiger partial charge in [-0.3, -0.25) is 4.79 Å². The maximum Gasteiger partial charge on any atom is 0.271 e. The van der Waals surface area contributed by atoms with Gasteiger partial charge in [-0.15, -0.1) is 5.10 Å². The van der Waals surface area contributed by atoms with E-state index in [9.17, 15) is 9.18 Å². The first-order valence-corrected chi connectivity index (χ1v) is 8.82. The summed E-state index contributed by atoms with van der Waals surface area (Å²) in [5.41, 5.74) is 1.97. The van der Waals surface area contributed by atoms with Crippen molar-refractivity contribution in [2.24, 2.45) is 0 Å². The lowest BCUT2D eigenvalue weighted by Crippen LogP contribution is -2.26. The number of halogens is 1. The number of imidazole rings is 1. The number of hydrogen-bond acceptors (Lipinski definition) is 4. The Labute approximate surface area is 150 Å². The zero-order valence-electron chi connectivity index (χ0n) is 14.5. The molecular weight excluding hydrogens is 333 g/mol. The third-order valence-corrected chi connectivity index (χ3v) is 4.70. The Morgan fingerprint density at radius 2 is 2.23 bits per heavy atom. The molecule has 6 nitrogen and oxygen atoms in total. The summed E-state index contributed by atoms with van der Waals surface area (Å²) in [5.74, 6) is 0.325. The van der Waals surface area contributed by atoms with Crippen molar-refractivity contribution in [3.8, 4) is 0 Å². The number of carbonyl (C=O) groups excluding carboxylic acids is 1. The van der Waals surface area contributed by atoms with E-state index in [1.54, 1.807) is 16.6 Å². The van der Waals surface area contributed by atoms with E-state index in [1.165, 1.54) is 12.3 Å². The number of nitrogens with zero attached hydrogens (tertiary/aromatic N) is 4. The van der Waals surface area contributed by atoms with E-state index in [2.05, 4.69) is 20.3 Å². The van der Waals surface area contributed by atoms with Crippen molar-refractivity contribution in [3.05, 3.63) is 59.7 Å². The Balaban J connectivity index is 1.71. The monoisotopic (exact) mass is 353 g/mol. The van der Waals surface area contributed by atoms with Gasteiger partial charge in [0.2, 0.25) is 0 Å². The Morgan fingerprint density at radius 1 is 1.35 bits per heavy atom. The van der Waals surface area contributed by atoms with Crippen molar-refractivity contribution in [1.29, 1.82) is 0 Å². The van der Waals surface area contributed by atoms with Crippen LogP contribution in [0.4, 0.5) is 10.2 Å². The Bertz CT molecular complexity index is 954. The van der Waals surface area contributed by atoms with Crippen molar-refractivity contribution in [3.63, 3.8) is 0 Å². The number of fused-ring (bicyclic) bond motifs is 1. The molecule has 2 aromatic heterocycles. The second kappa shape index (κ2) is 6.74. The van der Waals surface area contributed by atoms with Crippen LogP contribution in [0, 0.1) is 5.82 Å². The van der Waals surface area contributed by atoms with Gasteiger partial charge in [-0.2, -0.15) is 0 Å². The van der Waals surface area contributed by atoms with Crippen LogP contribution in [0.25, 0.3) is 5.65 Å². The Morgan fingerprint density at radius 3 is 3.04 bits per heavy atom. The normalized spacial score (nSPS) is 17.0. The summed E-state index contributed by atoms with van der Waals surface area (Å²) in [7, 11) is 0. The number of anilines is 1. The molecule has 26 heavy (non-hydrogen) atoms. The first-order chi connectivity index (χ1) is 12.7. The molecule has 1 amide bonds. The SMILES string of the molecule is CCNC(=O)c1cnc2ccc(N3CCC[C@@H]3c3cccc(F)c3)nn12. The van der Waals surface area contributed by atoms with Gasteiger partial charge in [0.05, 0.1) is 12.2 Å². The number of hydrogen-bond donors (Lipinski definition) is 1. The van der Waals surface area contributed by atoms with Gasteiger partial charge < -0.3 is 10.2 Å². The summed E-state index contributed by atoms with van der Waals surface area (Å²) in [6.45, 7) is 3.25. The van der Waals surface area contributed by atoms with Gasteiger partial charge in [-0.05, 0) is 49.6 Å². The van der Waals surface area contributed by atoms with E-state index in [0.29, 0.717) is 17.9 Å². The van der Waals surface area contributed by atoms with Gasteiger partial charge in [0.1, 0.15) is 11.6 Å². The van der Waals surface area contributed by atoms with Crippen LogP contribution >= 0.6 is 0 Å². The van der Waals surface area contributed by atoms with Gasteiger partial charge in [-0.25, -0.2) is 13.9 Å². The van der Waals surface area contributed by atoms with Crippen LogP contribution in [0.2, 0.25) is 0 Å². The Hall–Kier alpha value is -2.96. The minimum Gasteiger partial charge on any atom is -0.351 e. The van der Waals surface area contributed by atoms with E-state index in [0.717, 1.165) is 30.8 Å². The van der Waals surface area contributed by atoms with Crippen LogP contribution in [-0.2, 0) is 0 Å². The lowest BCUT2D eigenvalue weighted by molar-refractivity contribution is 0.0949. The molecule has 1 atom stereocenters. The van der Waals surface area contributed by atoms with Gasteiger partial charge >= 0.3 is 0 Å². The summed E-state index contributed by atoms with van der Waals surface area (Å²) < 4.78 is 15.2. The molecule has 1 N–H and O–H groups in total. The zero-order valence-corrected chi connectivity index (χ0v) is 14.5. The highest BCUT2D eigenvalue weighted by molar-refractivity contribution is 5.93. The highest BCUT2D eigenvalue weighted by Gasteiger charge is 2.28. The average Bonchev–Trinajstić information content (AvgIpc) is 3.28. The van der Waals surface area contributed by atoms with Gasteiger partial charge in [0, 0.05) is 13.1 Å². The molecule has 7 heteroatoms. The number of aromatic nitrogens is 3.